The maximum atomic E-state index is 14.0. The Bertz CT molecular complexity index is 833. The maximum Gasteiger partial charge on any atom is 0.253 e. The first-order chi connectivity index (χ1) is 13.0. The lowest BCUT2D eigenvalue weighted by Crippen LogP contribution is -2.28. The van der Waals surface area contributed by atoms with Crippen molar-refractivity contribution in [3.8, 4) is 0 Å². The Balaban J connectivity index is 1.70. The average Bonchev–Trinajstić information content (AvgIpc) is 3.19. The van der Waals surface area contributed by atoms with Gasteiger partial charge in [-0.1, -0.05) is 23.7 Å². The van der Waals surface area contributed by atoms with E-state index in [-0.39, 0.29) is 28.9 Å². The van der Waals surface area contributed by atoms with Crippen molar-refractivity contribution in [2.45, 2.75) is 25.5 Å². The monoisotopic (exact) mass is 390 g/mol. The third-order valence-electron chi connectivity index (χ3n) is 4.40. The first-order valence-corrected chi connectivity index (χ1v) is 9.04. The summed E-state index contributed by atoms with van der Waals surface area (Å²) in [6.07, 6.45) is 1.10. The Hall–Kier alpha value is -2.44. The second-order valence-corrected chi connectivity index (χ2v) is 6.84. The number of amides is 2. The van der Waals surface area contributed by atoms with Gasteiger partial charge in [0.25, 0.3) is 11.8 Å². The van der Waals surface area contributed by atoms with Crippen LogP contribution in [-0.2, 0) is 16.1 Å². The number of benzene rings is 2. The molecule has 2 aromatic carbocycles. The van der Waals surface area contributed by atoms with E-state index in [4.69, 9.17) is 16.3 Å². The molecule has 3 rings (SSSR count). The predicted octanol–water partition coefficient (Wildman–Crippen LogP) is 3.87. The van der Waals surface area contributed by atoms with Gasteiger partial charge in [0.05, 0.1) is 0 Å². The number of halogens is 2. The summed E-state index contributed by atoms with van der Waals surface area (Å²) in [6.45, 7) is 0.622. The van der Waals surface area contributed by atoms with E-state index in [1.165, 1.54) is 17.0 Å². The fourth-order valence-electron chi connectivity index (χ4n) is 2.95. The number of carbonyl (C=O) groups is 2. The summed E-state index contributed by atoms with van der Waals surface area (Å²) in [7, 11) is 1.57. The standard InChI is InChI=1S/C20H20ClFN2O3/c1-24(12-15-16(21)7-3-8-17(15)22)20(26)13-5-2-6-14(11-13)23-19(25)18-9-4-10-27-18/h2-3,5-8,11,18H,4,9-10,12H2,1H3,(H,23,25)/t18-/m1/s1. The van der Waals surface area contributed by atoms with Crippen LogP contribution in [-0.4, -0.2) is 36.5 Å². The number of rotatable bonds is 5. The van der Waals surface area contributed by atoms with Gasteiger partial charge in [0.2, 0.25) is 0 Å². The van der Waals surface area contributed by atoms with E-state index in [9.17, 15) is 14.0 Å². The Labute approximate surface area is 162 Å². The van der Waals surface area contributed by atoms with Gasteiger partial charge >= 0.3 is 0 Å². The molecule has 0 bridgehead atoms. The second kappa shape index (κ2) is 8.50. The fourth-order valence-corrected chi connectivity index (χ4v) is 3.17. The Kier molecular flexibility index (Phi) is 6.08. The average molecular weight is 391 g/mol. The van der Waals surface area contributed by atoms with E-state index in [1.54, 1.807) is 37.4 Å². The van der Waals surface area contributed by atoms with Gasteiger partial charge < -0.3 is 15.0 Å². The molecule has 0 spiro atoms. The molecule has 0 aromatic heterocycles. The minimum Gasteiger partial charge on any atom is -0.368 e. The topological polar surface area (TPSA) is 58.6 Å². The molecule has 142 valence electrons. The fraction of sp³-hybridized carbons (Fsp3) is 0.300. The van der Waals surface area contributed by atoms with E-state index in [0.717, 1.165) is 6.42 Å². The van der Waals surface area contributed by atoms with Crippen LogP contribution in [0.15, 0.2) is 42.5 Å². The molecular weight excluding hydrogens is 371 g/mol. The van der Waals surface area contributed by atoms with Crippen LogP contribution in [0.2, 0.25) is 5.02 Å². The Morgan fingerprint density at radius 3 is 2.78 bits per heavy atom. The lowest BCUT2D eigenvalue weighted by Gasteiger charge is -2.19. The van der Waals surface area contributed by atoms with E-state index in [1.807, 2.05) is 0 Å². The Morgan fingerprint density at radius 1 is 1.30 bits per heavy atom. The highest BCUT2D eigenvalue weighted by molar-refractivity contribution is 6.31. The van der Waals surface area contributed by atoms with Crippen molar-refractivity contribution in [1.29, 1.82) is 0 Å². The van der Waals surface area contributed by atoms with Crippen molar-refractivity contribution in [3.05, 3.63) is 64.4 Å². The smallest absolute Gasteiger partial charge is 0.253 e. The molecule has 2 aromatic rings. The van der Waals surface area contributed by atoms with Crippen LogP contribution >= 0.6 is 11.6 Å². The van der Waals surface area contributed by atoms with Crippen LogP contribution in [0.4, 0.5) is 10.1 Å². The van der Waals surface area contributed by atoms with Gasteiger partial charge in [0.15, 0.2) is 0 Å². The molecule has 1 fully saturated rings. The maximum absolute atomic E-state index is 14.0. The molecular formula is C20H20ClFN2O3. The molecule has 1 N–H and O–H groups in total. The second-order valence-electron chi connectivity index (χ2n) is 6.43. The van der Waals surface area contributed by atoms with E-state index >= 15 is 0 Å². The predicted molar refractivity (Wildman–Crippen MR) is 101 cm³/mol. The molecule has 1 aliphatic heterocycles. The van der Waals surface area contributed by atoms with Gasteiger partial charge in [-0.15, -0.1) is 0 Å². The highest BCUT2D eigenvalue weighted by atomic mass is 35.5. The van der Waals surface area contributed by atoms with Crippen LogP contribution in [0.1, 0.15) is 28.8 Å². The zero-order valence-corrected chi connectivity index (χ0v) is 15.6. The molecule has 0 aliphatic carbocycles. The van der Waals surface area contributed by atoms with Crippen molar-refractivity contribution in [2.75, 3.05) is 19.0 Å². The minimum atomic E-state index is -0.459. The zero-order chi connectivity index (χ0) is 19.4. The summed E-state index contributed by atoms with van der Waals surface area (Å²) in [5.74, 6) is -0.981. The number of nitrogens with zero attached hydrogens (tertiary/aromatic N) is 1. The summed E-state index contributed by atoms with van der Waals surface area (Å²) in [5.41, 5.74) is 1.16. The van der Waals surface area contributed by atoms with E-state index in [0.29, 0.717) is 24.3 Å². The molecule has 1 heterocycles. The SMILES string of the molecule is CN(Cc1c(F)cccc1Cl)C(=O)c1cccc(NC(=O)[C@H]2CCCO2)c1. The molecule has 0 unspecified atom stereocenters. The van der Waals surface area contributed by atoms with Crippen molar-refractivity contribution in [2.24, 2.45) is 0 Å². The molecule has 5 nitrogen and oxygen atoms in total. The summed E-state index contributed by atoms with van der Waals surface area (Å²) in [5, 5.41) is 3.04. The molecule has 1 aliphatic rings. The largest absolute Gasteiger partial charge is 0.368 e. The molecule has 7 heteroatoms. The van der Waals surface area contributed by atoms with Crippen molar-refractivity contribution < 1.29 is 18.7 Å². The number of hydrogen-bond acceptors (Lipinski definition) is 3. The van der Waals surface area contributed by atoms with Gasteiger partial charge in [-0.3, -0.25) is 9.59 Å². The molecule has 2 amide bonds. The van der Waals surface area contributed by atoms with E-state index in [2.05, 4.69) is 5.32 Å². The van der Waals surface area contributed by atoms with Gasteiger partial charge in [0.1, 0.15) is 11.9 Å². The summed E-state index contributed by atoms with van der Waals surface area (Å²) in [4.78, 5) is 26.2. The van der Waals surface area contributed by atoms with Crippen molar-refractivity contribution in [1.82, 2.24) is 4.90 Å². The van der Waals surface area contributed by atoms with Crippen molar-refractivity contribution in [3.63, 3.8) is 0 Å². The molecule has 1 saturated heterocycles. The summed E-state index contributed by atoms with van der Waals surface area (Å²) >= 11 is 6.03. The van der Waals surface area contributed by atoms with Gasteiger partial charge in [-0.2, -0.15) is 0 Å². The van der Waals surface area contributed by atoms with Crippen molar-refractivity contribution >= 4 is 29.1 Å². The lowest BCUT2D eigenvalue weighted by molar-refractivity contribution is -0.124. The lowest BCUT2D eigenvalue weighted by atomic mass is 10.1. The quantitative estimate of drug-likeness (QED) is 0.843. The summed E-state index contributed by atoms with van der Waals surface area (Å²) < 4.78 is 19.3. The van der Waals surface area contributed by atoms with Crippen LogP contribution in [0, 0.1) is 5.82 Å². The first-order valence-electron chi connectivity index (χ1n) is 8.66. The van der Waals surface area contributed by atoms with Crippen LogP contribution in [0.3, 0.4) is 0 Å². The highest BCUT2D eigenvalue weighted by Crippen LogP contribution is 2.22. The molecule has 0 saturated carbocycles. The van der Waals surface area contributed by atoms with E-state index < -0.39 is 11.9 Å². The van der Waals surface area contributed by atoms with Gasteiger partial charge in [-0.25, -0.2) is 4.39 Å². The van der Waals surface area contributed by atoms with Gasteiger partial charge in [0, 0.05) is 42.0 Å². The normalized spacial score (nSPS) is 16.2. The molecule has 0 radical (unpaired) electrons. The van der Waals surface area contributed by atoms with Crippen LogP contribution in [0.25, 0.3) is 0 Å². The highest BCUT2D eigenvalue weighted by Gasteiger charge is 2.24. The number of nitrogens with one attached hydrogen (secondary N) is 1. The number of anilines is 1. The summed E-state index contributed by atoms with van der Waals surface area (Å²) in [6, 6.07) is 11.0. The van der Waals surface area contributed by atoms with Crippen LogP contribution in [0.5, 0.6) is 0 Å². The molecule has 1 atom stereocenters. The third-order valence-corrected chi connectivity index (χ3v) is 4.76. The molecule has 27 heavy (non-hydrogen) atoms. The number of carbonyl (C=O) groups excluding carboxylic acids is 2. The van der Waals surface area contributed by atoms with Gasteiger partial charge in [-0.05, 0) is 43.2 Å². The Morgan fingerprint density at radius 2 is 2.07 bits per heavy atom. The minimum absolute atomic E-state index is 0.0385. The number of hydrogen-bond donors (Lipinski definition) is 1. The first kappa shape index (κ1) is 19.3. The zero-order valence-electron chi connectivity index (χ0n) is 14.9. The number of ether oxygens (including phenoxy) is 1. The van der Waals surface area contributed by atoms with Crippen LogP contribution < -0.4 is 5.32 Å². The third kappa shape index (κ3) is 4.64.